The van der Waals surface area contributed by atoms with Crippen molar-refractivity contribution < 1.29 is 8.42 Å². The van der Waals surface area contributed by atoms with Gasteiger partial charge in [-0.2, -0.15) is 4.98 Å². The summed E-state index contributed by atoms with van der Waals surface area (Å²) in [7, 11) is -1.85. The van der Waals surface area contributed by atoms with Crippen molar-refractivity contribution in [2.45, 2.75) is 19.1 Å². The fraction of sp³-hybridized carbons (Fsp3) is 0.286. The molecular formula is C14H17Cl2N5O2S. The average molecular weight is 390 g/mol. The summed E-state index contributed by atoms with van der Waals surface area (Å²) in [6.07, 6.45) is 1.39. The topological polar surface area (TPSA) is 96.0 Å². The van der Waals surface area contributed by atoms with E-state index in [2.05, 4.69) is 25.3 Å². The predicted octanol–water partition coefficient (Wildman–Crippen LogP) is 3.72. The molecule has 0 fully saturated rings. The van der Waals surface area contributed by atoms with Crippen molar-refractivity contribution in [3.63, 3.8) is 0 Å². The number of hydrogen-bond donors (Lipinski definition) is 3. The largest absolute Gasteiger partial charge is 0.371 e. The summed E-state index contributed by atoms with van der Waals surface area (Å²) in [5.74, 6) is 0.627. The zero-order chi connectivity index (χ0) is 17.9. The second-order valence-corrected chi connectivity index (χ2v) is 8.21. The molecule has 24 heavy (non-hydrogen) atoms. The summed E-state index contributed by atoms with van der Waals surface area (Å²) in [5.41, 5.74) is 0.924. The minimum absolute atomic E-state index is 0.269. The molecule has 0 spiro atoms. The van der Waals surface area contributed by atoms with Crippen molar-refractivity contribution in [1.29, 1.82) is 0 Å². The molecule has 2 rings (SSSR count). The molecule has 0 atom stereocenters. The lowest BCUT2D eigenvalue weighted by Gasteiger charge is -2.14. The second kappa shape index (κ2) is 7.42. The Kier molecular flexibility index (Phi) is 5.74. The number of halogens is 2. The number of aromatic nitrogens is 2. The summed E-state index contributed by atoms with van der Waals surface area (Å²) < 4.78 is 26.4. The molecule has 2 aromatic rings. The molecule has 0 radical (unpaired) electrons. The minimum Gasteiger partial charge on any atom is -0.371 e. The van der Waals surface area contributed by atoms with Gasteiger partial charge in [0.05, 0.1) is 21.5 Å². The molecule has 1 heterocycles. The van der Waals surface area contributed by atoms with Crippen LogP contribution in [0.5, 0.6) is 0 Å². The number of sulfonamides is 1. The fourth-order valence-electron chi connectivity index (χ4n) is 1.68. The molecule has 0 amide bonds. The van der Waals surface area contributed by atoms with Crippen LogP contribution in [-0.2, 0) is 10.0 Å². The zero-order valence-electron chi connectivity index (χ0n) is 13.3. The van der Waals surface area contributed by atoms with Crippen LogP contribution < -0.4 is 15.4 Å². The van der Waals surface area contributed by atoms with Crippen LogP contribution in [0, 0.1) is 0 Å². The maximum absolute atomic E-state index is 12.0. The highest BCUT2D eigenvalue weighted by molar-refractivity contribution is 7.93. The first-order chi connectivity index (χ1) is 11.2. The van der Waals surface area contributed by atoms with Gasteiger partial charge in [0.1, 0.15) is 5.69 Å². The van der Waals surface area contributed by atoms with Crippen molar-refractivity contribution in [2.75, 3.05) is 22.4 Å². The number of benzene rings is 1. The molecule has 0 saturated carbocycles. The first-order valence-electron chi connectivity index (χ1n) is 7.01. The molecule has 10 heteroatoms. The Bertz CT molecular complexity index is 843. The minimum atomic E-state index is -3.49. The highest BCUT2D eigenvalue weighted by Gasteiger charge is 2.18. The van der Waals surface area contributed by atoms with E-state index in [4.69, 9.17) is 23.2 Å². The van der Waals surface area contributed by atoms with Crippen molar-refractivity contribution in [1.82, 2.24) is 9.97 Å². The van der Waals surface area contributed by atoms with Crippen molar-refractivity contribution in [3.05, 3.63) is 34.4 Å². The smallest absolute Gasteiger partial charge is 0.235 e. The van der Waals surface area contributed by atoms with Crippen molar-refractivity contribution >= 4 is 56.4 Å². The molecule has 0 aliphatic heterocycles. The highest BCUT2D eigenvalue weighted by Crippen LogP contribution is 2.27. The number of hydrogen-bond acceptors (Lipinski definition) is 6. The van der Waals surface area contributed by atoms with Gasteiger partial charge in [-0.25, -0.2) is 13.4 Å². The quantitative estimate of drug-likeness (QED) is 0.696. The monoisotopic (exact) mass is 389 g/mol. The SMILES string of the molecule is CNc1nc(Nc2ccc(Cl)c(Cl)c2)ncc1NS(=O)(=O)C(C)C. The van der Waals surface area contributed by atoms with E-state index >= 15 is 0 Å². The maximum Gasteiger partial charge on any atom is 0.235 e. The third-order valence-corrected chi connectivity index (χ3v) is 5.56. The highest BCUT2D eigenvalue weighted by atomic mass is 35.5. The van der Waals surface area contributed by atoms with E-state index < -0.39 is 15.3 Å². The van der Waals surface area contributed by atoms with Crippen molar-refractivity contribution in [3.8, 4) is 0 Å². The first kappa shape index (κ1) is 18.6. The molecule has 1 aromatic heterocycles. The Hall–Kier alpha value is -1.77. The van der Waals surface area contributed by atoms with Crippen LogP contribution >= 0.6 is 23.2 Å². The van der Waals surface area contributed by atoms with Crippen LogP contribution in [0.3, 0.4) is 0 Å². The number of anilines is 4. The first-order valence-corrected chi connectivity index (χ1v) is 9.31. The molecule has 0 bridgehead atoms. The molecule has 0 saturated heterocycles. The van der Waals surface area contributed by atoms with Crippen LogP contribution in [0.15, 0.2) is 24.4 Å². The van der Waals surface area contributed by atoms with Crippen LogP contribution in [0.25, 0.3) is 0 Å². The lowest BCUT2D eigenvalue weighted by molar-refractivity contribution is 0.592. The maximum atomic E-state index is 12.0. The van der Waals surface area contributed by atoms with Gasteiger partial charge in [0.2, 0.25) is 16.0 Å². The fourth-order valence-corrected chi connectivity index (χ4v) is 2.67. The molecule has 0 unspecified atom stereocenters. The van der Waals surface area contributed by atoms with Gasteiger partial charge in [0.25, 0.3) is 0 Å². The molecular weight excluding hydrogens is 373 g/mol. The molecule has 1 aromatic carbocycles. The van der Waals surface area contributed by atoms with E-state index in [9.17, 15) is 8.42 Å². The zero-order valence-corrected chi connectivity index (χ0v) is 15.6. The summed E-state index contributed by atoms with van der Waals surface area (Å²) >= 11 is 11.8. The van der Waals surface area contributed by atoms with Gasteiger partial charge < -0.3 is 10.6 Å². The third kappa shape index (κ3) is 4.40. The number of nitrogens with zero attached hydrogens (tertiary/aromatic N) is 2. The molecule has 130 valence electrons. The van der Waals surface area contributed by atoms with E-state index in [0.29, 0.717) is 21.6 Å². The lowest BCUT2D eigenvalue weighted by Crippen LogP contribution is -2.23. The number of nitrogens with one attached hydrogen (secondary N) is 3. The van der Waals surface area contributed by atoms with Gasteiger partial charge in [-0.1, -0.05) is 23.2 Å². The Morgan fingerprint density at radius 3 is 2.46 bits per heavy atom. The summed E-state index contributed by atoms with van der Waals surface area (Å²) in [6, 6.07) is 5.02. The van der Waals surface area contributed by atoms with Crippen LogP contribution in [0.1, 0.15) is 13.8 Å². The van der Waals surface area contributed by atoms with Gasteiger partial charge >= 0.3 is 0 Å². The summed E-state index contributed by atoms with van der Waals surface area (Å²) in [6.45, 7) is 3.17. The molecule has 7 nitrogen and oxygen atoms in total. The third-order valence-electron chi connectivity index (χ3n) is 3.07. The molecule has 0 aliphatic carbocycles. The number of rotatable bonds is 6. The van der Waals surface area contributed by atoms with Gasteiger partial charge in [0.15, 0.2) is 5.82 Å². The van der Waals surface area contributed by atoms with Crippen molar-refractivity contribution in [2.24, 2.45) is 0 Å². The summed E-state index contributed by atoms with van der Waals surface area (Å²) in [4.78, 5) is 8.36. The normalized spacial score (nSPS) is 11.4. The van der Waals surface area contributed by atoms with E-state index in [1.165, 1.54) is 6.20 Å². The summed E-state index contributed by atoms with van der Waals surface area (Å²) in [5, 5.41) is 6.08. The standard InChI is InChI=1S/C14H17Cl2N5O2S/c1-8(2)24(22,23)21-12-7-18-14(20-13(12)17-3)19-9-4-5-10(15)11(16)6-9/h4-8,21H,1-3H3,(H2,17,18,19,20). The van der Waals surface area contributed by atoms with Gasteiger partial charge in [-0.3, -0.25) is 4.72 Å². The molecule has 3 N–H and O–H groups in total. The van der Waals surface area contributed by atoms with Crippen LogP contribution in [-0.4, -0.2) is 30.7 Å². The predicted molar refractivity (Wildman–Crippen MR) is 99.0 cm³/mol. The van der Waals surface area contributed by atoms with E-state index in [0.717, 1.165) is 0 Å². The lowest BCUT2D eigenvalue weighted by atomic mass is 10.3. The van der Waals surface area contributed by atoms with Gasteiger partial charge in [-0.05, 0) is 32.0 Å². The average Bonchev–Trinajstić information content (AvgIpc) is 2.52. The van der Waals surface area contributed by atoms with Crippen LogP contribution in [0.2, 0.25) is 10.0 Å². The Labute approximate surface area is 150 Å². The second-order valence-electron chi connectivity index (χ2n) is 5.16. The molecule has 0 aliphatic rings. The Morgan fingerprint density at radius 1 is 1.17 bits per heavy atom. The van der Waals surface area contributed by atoms with E-state index in [-0.39, 0.29) is 11.6 Å². The Balaban J connectivity index is 2.26. The van der Waals surface area contributed by atoms with Gasteiger partial charge in [0, 0.05) is 12.7 Å². The van der Waals surface area contributed by atoms with Gasteiger partial charge in [-0.15, -0.1) is 0 Å². The van der Waals surface area contributed by atoms with E-state index in [1.807, 2.05) is 0 Å². The van der Waals surface area contributed by atoms with E-state index in [1.54, 1.807) is 39.1 Å². The van der Waals surface area contributed by atoms with Crippen LogP contribution in [0.4, 0.5) is 23.1 Å². The Morgan fingerprint density at radius 2 is 1.88 bits per heavy atom.